The Hall–Kier alpha value is -0.0800. The molecule has 116 valence electrons. The van der Waals surface area contributed by atoms with E-state index in [1.807, 2.05) is 0 Å². The molecule has 19 heavy (non-hydrogen) atoms. The second-order valence-electron chi connectivity index (χ2n) is 7.27. The average Bonchev–Trinajstić information content (AvgIpc) is 2.32. The van der Waals surface area contributed by atoms with Crippen LogP contribution in [0.25, 0.3) is 0 Å². The summed E-state index contributed by atoms with van der Waals surface area (Å²) in [6.45, 7) is 21.0. The molecule has 0 spiro atoms. The summed E-state index contributed by atoms with van der Waals surface area (Å²) in [5.74, 6) is 0.738. The number of nitrogens with one attached hydrogen (secondary N) is 1. The Bertz CT molecular complexity index is 211. The molecule has 0 aliphatic carbocycles. The van der Waals surface area contributed by atoms with Crippen LogP contribution in [-0.2, 0) is 0 Å². The van der Waals surface area contributed by atoms with Crippen LogP contribution in [0.15, 0.2) is 0 Å². The first-order chi connectivity index (χ1) is 8.82. The third kappa shape index (κ3) is 9.45. The van der Waals surface area contributed by atoms with E-state index in [4.69, 9.17) is 0 Å². The molecule has 0 bridgehead atoms. The van der Waals surface area contributed by atoms with Crippen molar-refractivity contribution < 1.29 is 0 Å². The zero-order valence-electron chi connectivity index (χ0n) is 14.6. The van der Waals surface area contributed by atoms with E-state index in [9.17, 15) is 0 Å². The van der Waals surface area contributed by atoms with Gasteiger partial charge in [0.2, 0.25) is 0 Å². The molecule has 1 atom stereocenters. The standard InChI is InChI=1S/C17H38N2/c1-8-10-11-19(16(5)9-2)14-17(6,7)13-18-12-15(3)4/h15-16,18H,8-14H2,1-7H3. The molecule has 0 aromatic carbocycles. The van der Waals surface area contributed by atoms with Gasteiger partial charge >= 0.3 is 0 Å². The van der Waals surface area contributed by atoms with Gasteiger partial charge in [0, 0.05) is 19.1 Å². The third-order valence-electron chi connectivity index (χ3n) is 3.80. The van der Waals surface area contributed by atoms with Crippen molar-refractivity contribution in [2.45, 2.75) is 73.8 Å². The van der Waals surface area contributed by atoms with Crippen molar-refractivity contribution in [2.24, 2.45) is 11.3 Å². The average molecular weight is 271 g/mol. The summed E-state index contributed by atoms with van der Waals surface area (Å²) in [4.78, 5) is 2.68. The molecule has 1 N–H and O–H groups in total. The Morgan fingerprint density at radius 2 is 1.74 bits per heavy atom. The van der Waals surface area contributed by atoms with Crippen LogP contribution < -0.4 is 5.32 Å². The molecule has 0 heterocycles. The lowest BCUT2D eigenvalue weighted by atomic mass is 9.91. The fourth-order valence-electron chi connectivity index (χ4n) is 2.38. The fraction of sp³-hybridized carbons (Fsp3) is 1.00. The van der Waals surface area contributed by atoms with Crippen LogP contribution in [0.2, 0.25) is 0 Å². The van der Waals surface area contributed by atoms with Crippen LogP contribution in [0.5, 0.6) is 0 Å². The lowest BCUT2D eigenvalue weighted by Crippen LogP contribution is -2.44. The summed E-state index contributed by atoms with van der Waals surface area (Å²) in [5, 5.41) is 3.62. The summed E-state index contributed by atoms with van der Waals surface area (Å²) >= 11 is 0. The van der Waals surface area contributed by atoms with Gasteiger partial charge in [-0.1, -0.05) is 48.0 Å². The maximum absolute atomic E-state index is 3.62. The first-order valence-corrected chi connectivity index (χ1v) is 8.27. The van der Waals surface area contributed by atoms with Crippen LogP contribution in [0.4, 0.5) is 0 Å². The Morgan fingerprint density at radius 1 is 1.11 bits per heavy atom. The van der Waals surface area contributed by atoms with E-state index in [0.717, 1.165) is 19.0 Å². The second kappa shape index (κ2) is 9.77. The van der Waals surface area contributed by atoms with Gasteiger partial charge in [0.05, 0.1) is 0 Å². The largest absolute Gasteiger partial charge is 0.316 e. The van der Waals surface area contributed by atoms with Crippen molar-refractivity contribution in [3.8, 4) is 0 Å². The molecule has 0 saturated heterocycles. The third-order valence-corrected chi connectivity index (χ3v) is 3.80. The monoisotopic (exact) mass is 270 g/mol. The minimum Gasteiger partial charge on any atom is -0.316 e. The number of rotatable bonds is 11. The Labute approximate surface area is 122 Å². The quantitative estimate of drug-likeness (QED) is 0.606. The lowest BCUT2D eigenvalue weighted by Gasteiger charge is -2.36. The van der Waals surface area contributed by atoms with Gasteiger partial charge in [-0.05, 0) is 44.2 Å². The highest BCUT2D eigenvalue weighted by atomic mass is 15.2. The fourth-order valence-corrected chi connectivity index (χ4v) is 2.38. The van der Waals surface area contributed by atoms with E-state index in [1.165, 1.54) is 32.4 Å². The molecule has 0 radical (unpaired) electrons. The first-order valence-electron chi connectivity index (χ1n) is 8.27. The molecule has 0 aromatic heterocycles. The molecule has 0 rings (SSSR count). The molecule has 0 amide bonds. The van der Waals surface area contributed by atoms with E-state index < -0.39 is 0 Å². The molecule has 1 unspecified atom stereocenters. The Morgan fingerprint density at radius 3 is 2.21 bits per heavy atom. The molecular weight excluding hydrogens is 232 g/mol. The van der Waals surface area contributed by atoms with Crippen molar-refractivity contribution >= 4 is 0 Å². The highest BCUT2D eigenvalue weighted by Gasteiger charge is 2.23. The summed E-state index contributed by atoms with van der Waals surface area (Å²) in [6.07, 6.45) is 3.86. The van der Waals surface area contributed by atoms with E-state index in [2.05, 4.69) is 58.7 Å². The molecule has 0 aliphatic heterocycles. The van der Waals surface area contributed by atoms with E-state index in [-0.39, 0.29) is 0 Å². The Balaban J connectivity index is 4.28. The molecular formula is C17H38N2. The zero-order chi connectivity index (χ0) is 14.9. The van der Waals surface area contributed by atoms with E-state index >= 15 is 0 Å². The van der Waals surface area contributed by atoms with Crippen molar-refractivity contribution in [1.29, 1.82) is 0 Å². The summed E-state index contributed by atoms with van der Waals surface area (Å²) in [6, 6.07) is 0.705. The maximum Gasteiger partial charge on any atom is 0.00645 e. The van der Waals surface area contributed by atoms with Crippen molar-refractivity contribution in [3.63, 3.8) is 0 Å². The van der Waals surface area contributed by atoms with Crippen molar-refractivity contribution in [2.75, 3.05) is 26.2 Å². The van der Waals surface area contributed by atoms with E-state index in [0.29, 0.717) is 11.5 Å². The summed E-state index contributed by atoms with van der Waals surface area (Å²) in [5.41, 5.74) is 0.353. The molecule has 0 saturated carbocycles. The molecule has 0 aromatic rings. The minimum absolute atomic E-state index is 0.353. The van der Waals surface area contributed by atoms with Gasteiger partial charge in [-0.25, -0.2) is 0 Å². The normalized spacial score (nSPS) is 14.4. The van der Waals surface area contributed by atoms with Gasteiger partial charge in [-0.2, -0.15) is 0 Å². The van der Waals surface area contributed by atoms with Crippen LogP contribution in [-0.4, -0.2) is 37.1 Å². The van der Waals surface area contributed by atoms with Crippen LogP contribution in [0.1, 0.15) is 67.7 Å². The highest BCUT2D eigenvalue weighted by molar-refractivity contribution is 4.79. The predicted octanol–water partition coefficient (Wildman–Crippen LogP) is 4.16. The predicted molar refractivity (Wildman–Crippen MR) is 87.7 cm³/mol. The van der Waals surface area contributed by atoms with Gasteiger partial charge in [0.1, 0.15) is 0 Å². The molecule has 2 heteroatoms. The lowest BCUT2D eigenvalue weighted by molar-refractivity contribution is 0.129. The molecule has 0 aliphatic rings. The second-order valence-corrected chi connectivity index (χ2v) is 7.27. The van der Waals surface area contributed by atoms with Gasteiger partial charge < -0.3 is 10.2 Å². The Kier molecular flexibility index (Phi) is 9.72. The highest BCUT2D eigenvalue weighted by Crippen LogP contribution is 2.19. The SMILES string of the molecule is CCCCN(CC(C)(C)CNCC(C)C)C(C)CC. The summed E-state index contributed by atoms with van der Waals surface area (Å²) < 4.78 is 0. The number of nitrogens with zero attached hydrogens (tertiary/aromatic N) is 1. The maximum atomic E-state index is 3.62. The van der Waals surface area contributed by atoms with Gasteiger partial charge in [-0.15, -0.1) is 0 Å². The molecule has 2 nitrogen and oxygen atoms in total. The van der Waals surface area contributed by atoms with Gasteiger partial charge in [-0.3, -0.25) is 0 Å². The topological polar surface area (TPSA) is 15.3 Å². The minimum atomic E-state index is 0.353. The van der Waals surface area contributed by atoms with E-state index in [1.54, 1.807) is 0 Å². The van der Waals surface area contributed by atoms with Crippen molar-refractivity contribution in [1.82, 2.24) is 10.2 Å². The number of hydrogen-bond donors (Lipinski definition) is 1. The van der Waals surface area contributed by atoms with Crippen LogP contribution in [0.3, 0.4) is 0 Å². The van der Waals surface area contributed by atoms with Crippen LogP contribution >= 0.6 is 0 Å². The summed E-state index contributed by atoms with van der Waals surface area (Å²) in [7, 11) is 0. The smallest absolute Gasteiger partial charge is 0.00645 e. The first kappa shape index (κ1) is 18.9. The van der Waals surface area contributed by atoms with Gasteiger partial charge in [0.25, 0.3) is 0 Å². The van der Waals surface area contributed by atoms with Crippen molar-refractivity contribution in [3.05, 3.63) is 0 Å². The molecule has 0 fully saturated rings. The number of hydrogen-bond acceptors (Lipinski definition) is 2. The van der Waals surface area contributed by atoms with Gasteiger partial charge in [0.15, 0.2) is 0 Å². The van der Waals surface area contributed by atoms with Crippen LogP contribution in [0, 0.1) is 11.3 Å². The zero-order valence-corrected chi connectivity index (χ0v) is 14.6. The number of unbranched alkanes of at least 4 members (excludes halogenated alkanes) is 1.